The Kier molecular flexibility index (Phi) is 3.58. The molecule has 1 atom stereocenters. The summed E-state index contributed by atoms with van der Waals surface area (Å²) in [5.74, 6) is 1.35. The summed E-state index contributed by atoms with van der Waals surface area (Å²) in [7, 11) is 0. The zero-order valence-corrected chi connectivity index (χ0v) is 11.8. The van der Waals surface area contributed by atoms with Crippen LogP contribution in [-0.4, -0.2) is 15.0 Å². The van der Waals surface area contributed by atoms with Crippen molar-refractivity contribution in [1.82, 2.24) is 15.0 Å². The van der Waals surface area contributed by atoms with E-state index in [1.807, 2.05) is 13.0 Å². The molecule has 0 fully saturated rings. The van der Waals surface area contributed by atoms with Gasteiger partial charge in [0.2, 0.25) is 11.9 Å². The van der Waals surface area contributed by atoms with Crippen molar-refractivity contribution < 1.29 is 0 Å². The minimum absolute atomic E-state index is 0.132. The third kappa shape index (κ3) is 3.13. The standard InChI is InChI=1S/C10H12BrN5S/c1-5(7-3-4-8(11)17-7)13-10-15-6(2)14-9(12)16-10/h3-5H,1-2H3,(H3,12,13,14,15,16). The maximum atomic E-state index is 5.57. The molecule has 0 radical (unpaired) electrons. The number of anilines is 2. The molecule has 0 bridgehead atoms. The number of nitrogens with two attached hydrogens (primary N) is 1. The Hall–Kier alpha value is -1.21. The Morgan fingerprint density at radius 2 is 2.12 bits per heavy atom. The summed E-state index contributed by atoms with van der Waals surface area (Å²) in [6.45, 7) is 3.84. The predicted molar refractivity (Wildman–Crippen MR) is 73.0 cm³/mol. The highest BCUT2D eigenvalue weighted by Gasteiger charge is 2.10. The first-order valence-electron chi connectivity index (χ1n) is 5.04. The van der Waals surface area contributed by atoms with Crippen LogP contribution in [0.3, 0.4) is 0 Å². The second-order valence-electron chi connectivity index (χ2n) is 3.57. The highest BCUT2D eigenvalue weighted by atomic mass is 79.9. The molecule has 0 aromatic carbocycles. The summed E-state index contributed by atoms with van der Waals surface area (Å²) >= 11 is 5.11. The Morgan fingerprint density at radius 1 is 1.35 bits per heavy atom. The molecule has 0 aliphatic rings. The molecule has 0 amide bonds. The molecule has 0 saturated heterocycles. The van der Waals surface area contributed by atoms with E-state index in [4.69, 9.17) is 5.73 Å². The van der Waals surface area contributed by atoms with Gasteiger partial charge < -0.3 is 11.1 Å². The van der Waals surface area contributed by atoms with Gasteiger partial charge in [0, 0.05) is 4.88 Å². The molecular weight excluding hydrogens is 302 g/mol. The average molecular weight is 314 g/mol. The number of hydrogen-bond donors (Lipinski definition) is 2. The molecule has 0 saturated carbocycles. The van der Waals surface area contributed by atoms with Gasteiger partial charge in [-0.05, 0) is 41.9 Å². The highest BCUT2D eigenvalue weighted by Crippen LogP contribution is 2.28. The van der Waals surface area contributed by atoms with Crippen LogP contribution in [0.1, 0.15) is 23.7 Å². The summed E-state index contributed by atoms with van der Waals surface area (Å²) in [4.78, 5) is 13.4. The van der Waals surface area contributed by atoms with Crippen molar-refractivity contribution in [2.75, 3.05) is 11.1 Å². The van der Waals surface area contributed by atoms with Crippen molar-refractivity contribution in [2.45, 2.75) is 19.9 Å². The van der Waals surface area contributed by atoms with Gasteiger partial charge in [0.15, 0.2) is 0 Å². The number of hydrogen-bond acceptors (Lipinski definition) is 6. The number of thiophene rings is 1. The first kappa shape index (κ1) is 12.3. The predicted octanol–water partition coefficient (Wildman–Crippen LogP) is 2.76. The number of nitrogen functional groups attached to an aromatic ring is 1. The number of aromatic nitrogens is 3. The molecule has 0 aliphatic heterocycles. The number of aryl methyl sites for hydroxylation is 1. The van der Waals surface area contributed by atoms with E-state index in [0.717, 1.165) is 3.79 Å². The van der Waals surface area contributed by atoms with E-state index < -0.39 is 0 Å². The number of nitrogens with one attached hydrogen (secondary N) is 1. The second-order valence-corrected chi connectivity index (χ2v) is 6.07. The Bertz CT molecular complexity index is 507. The van der Waals surface area contributed by atoms with Crippen LogP contribution in [0.15, 0.2) is 15.9 Å². The summed E-state index contributed by atoms with van der Waals surface area (Å²) in [6.07, 6.45) is 0. The van der Waals surface area contributed by atoms with E-state index in [2.05, 4.69) is 42.3 Å². The van der Waals surface area contributed by atoms with Crippen LogP contribution in [0.4, 0.5) is 11.9 Å². The van der Waals surface area contributed by atoms with E-state index in [-0.39, 0.29) is 12.0 Å². The van der Waals surface area contributed by atoms with E-state index in [1.54, 1.807) is 18.3 Å². The smallest absolute Gasteiger partial charge is 0.228 e. The van der Waals surface area contributed by atoms with Gasteiger partial charge in [-0.2, -0.15) is 15.0 Å². The van der Waals surface area contributed by atoms with Crippen molar-refractivity contribution >= 4 is 39.2 Å². The fourth-order valence-electron chi connectivity index (χ4n) is 1.39. The quantitative estimate of drug-likeness (QED) is 0.911. The minimum Gasteiger partial charge on any atom is -0.368 e. The van der Waals surface area contributed by atoms with Gasteiger partial charge in [-0.25, -0.2) is 0 Å². The summed E-state index contributed by atoms with van der Waals surface area (Å²) in [5, 5.41) is 3.20. The normalized spacial score (nSPS) is 12.4. The Labute approximate surface area is 112 Å². The Morgan fingerprint density at radius 3 is 2.71 bits per heavy atom. The van der Waals surface area contributed by atoms with E-state index in [1.165, 1.54) is 4.88 Å². The first-order valence-corrected chi connectivity index (χ1v) is 6.65. The van der Waals surface area contributed by atoms with Crippen LogP contribution in [0.25, 0.3) is 0 Å². The van der Waals surface area contributed by atoms with Crippen molar-refractivity contribution in [2.24, 2.45) is 0 Å². The maximum Gasteiger partial charge on any atom is 0.228 e. The zero-order chi connectivity index (χ0) is 12.4. The van der Waals surface area contributed by atoms with Gasteiger partial charge in [0.1, 0.15) is 5.82 Å². The minimum atomic E-state index is 0.132. The monoisotopic (exact) mass is 313 g/mol. The molecule has 17 heavy (non-hydrogen) atoms. The first-order chi connectivity index (χ1) is 8.04. The summed E-state index contributed by atoms with van der Waals surface area (Å²) in [5.41, 5.74) is 5.57. The van der Waals surface area contributed by atoms with E-state index in [9.17, 15) is 0 Å². The molecule has 1 unspecified atom stereocenters. The highest BCUT2D eigenvalue weighted by molar-refractivity contribution is 9.11. The molecule has 0 aliphatic carbocycles. The fourth-order valence-corrected chi connectivity index (χ4v) is 2.82. The largest absolute Gasteiger partial charge is 0.368 e. The number of rotatable bonds is 3. The lowest BCUT2D eigenvalue weighted by Crippen LogP contribution is -2.11. The lowest BCUT2D eigenvalue weighted by molar-refractivity contribution is 0.864. The molecule has 2 aromatic heterocycles. The van der Waals surface area contributed by atoms with Crippen LogP contribution in [0.5, 0.6) is 0 Å². The van der Waals surface area contributed by atoms with Crippen LogP contribution in [0.2, 0.25) is 0 Å². The summed E-state index contributed by atoms with van der Waals surface area (Å²) < 4.78 is 1.10. The van der Waals surface area contributed by atoms with Gasteiger partial charge in [-0.3, -0.25) is 0 Å². The molecule has 2 heterocycles. The number of halogens is 1. The fraction of sp³-hybridized carbons (Fsp3) is 0.300. The van der Waals surface area contributed by atoms with Crippen molar-refractivity contribution in [3.05, 3.63) is 26.6 Å². The van der Waals surface area contributed by atoms with Crippen molar-refractivity contribution in [3.8, 4) is 0 Å². The number of nitrogens with zero attached hydrogens (tertiary/aromatic N) is 3. The third-order valence-electron chi connectivity index (χ3n) is 2.13. The molecular formula is C10H12BrN5S. The molecule has 0 spiro atoms. The SMILES string of the molecule is Cc1nc(N)nc(NC(C)c2ccc(Br)s2)n1. The lowest BCUT2D eigenvalue weighted by Gasteiger charge is -2.12. The summed E-state index contributed by atoms with van der Waals surface area (Å²) in [6, 6.07) is 4.21. The Balaban J connectivity index is 2.15. The van der Waals surface area contributed by atoms with E-state index in [0.29, 0.717) is 11.8 Å². The van der Waals surface area contributed by atoms with Gasteiger partial charge in [0.05, 0.1) is 9.83 Å². The van der Waals surface area contributed by atoms with Crippen LogP contribution in [-0.2, 0) is 0 Å². The second kappa shape index (κ2) is 4.97. The van der Waals surface area contributed by atoms with Gasteiger partial charge in [-0.1, -0.05) is 0 Å². The maximum absolute atomic E-state index is 5.57. The molecule has 2 rings (SSSR count). The van der Waals surface area contributed by atoms with Crippen LogP contribution >= 0.6 is 27.3 Å². The van der Waals surface area contributed by atoms with Crippen molar-refractivity contribution in [1.29, 1.82) is 0 Å². The zero-order valence-electron chi connectivity index (χ0n) is 9.44. The molecule has 7 heteroatoms. The van der Waals surface area contributed by atoms with Gasteiger partial charge in [-0.15, -0.1) is 11.3 Å². The van der Waals surface area contributed by atoms with Gasteiger partial charge >= 0.3 is 0 Å². The van der Waals surface area contributed by atoms with E-state index >= 15 is 0 Å². The van der Waals surface area contributed by atoms with Crippen LogP contribution < -0.4 is 11.1 Å². The topological polar surface area (TPSA) is 76.7 Å². The average Bonchev–Trinajstić information content (AvgIpc) is 2.63. The molecule has 5 nitrogen and oxygen atoms in total. The molecule has 2 aromatic rings. The lowest BCUT2D eigenvalue weighted by atomic mass is 10.3. The third-order valence-corrected chi connectivity index (χ3v) is 3.94. The van der Waals surface area contributed by atoms with Crippen LogP contribution in [0, 0.1) is 6.92 Å². The molecule has 3 N–H and O–H groups in total. The molecule has 90 valence electrons. The van der Waals surface area contributed by atoms with Crippen molar-refractivity contribution in [3.63, 3.8) is 0 Å². The van der Waals surface area contributed by atoms with Gasteiger partial charge in [0.25, 0.3) is 0 Å².